The van der Waals surface area contributed by atoms with E-state index in [0.29, 0.717) is 30.8 Å². The second-order valence-corrected chi connectivity index (χ2v) is 8.16. The van der Waals surface area contributed by atoms with Crippen LogP contribution in [0.4, 0.5) is 0 Å². The zero-order valence-corrected chi connectivity index (χ0v) is 14.4. The fourth-order valence-corrected chi connectivity index (χ4v) is 5.42. The number of carbonyl (C=O) groups excluding carboxylic acids is 2. The van der Waals surface area contributed by atoms with Crippen LogP contribution >= 0.6 is 0 Å². The quantitative estimate of drug-likeness (QED) is 0.716. The molecule has 2 fully saturated rings. The number of hydrogen-bond donors (Lipinski definition) is 0. The van der Waals surface area contributed by atoms with Crippen molar-refractivity contribution in [3.05, 3.63) is 23.8 Å². The lowest BCUT2D eigenvalue weighted by Crippen LogP contribution is -2.45. The van der Waals surface area contributed by atoms with E-state index in [-0.39, 0.29) is 5.91 Å². The molecule has 2 bridgehead atoms. The first kappa shape index (κ1) is 15.9. The van der Waals surface area contributed by atoms with Crippen molar-refractivity contribution in [3.8, 4) is 0 Å². The molecule has 1 amide bonds. The topological polar surface area (TPSA) is 69.7 Å². The van der Waals surface area contributed by atoms with Crippen LogP contribution in [0.15, 0.2) is 23.8 Å². The molecule has 0 unspecified atom stereocenters. The molecule has 3 aliphatic heterocycles. The predicted molar refractivity (Wildman–Crippen MR) is 85.5 cm³/mol. The van der Waals surface area contributed by atoms with Gasteiger partial charge in [-0.05, 0) is 31.1 Å². The lowest BCUT2D eigenvalue weighted by molar-refractivity contribution is -0.313. The van der Waals surface area contributed by atoms with Crippen LogP contribution in [-0.2, 0) is 14.3 Å². The number of amides is 1. The molecule has 0 radical (unpaired) electrons. The average Bonchev–Trinajstić information content (AvgIpc) is 3.11. The average molecular weight is 330 g/mol. The van der Waals surface area contributed by atoms with Crippen LogP contribution in [-0.4, -0.2) is 41.6 Å². The van der Waals surface area contributed by atoms with Gasteiger partial charge >= 0.3 is 0 Å². The van der Waals surface area contributed by atoms with Gasteiger partial charge in [-0.2, -0.15) is 0 Å². The molecular formula is C19H24NO4-. The Morgan fingerprint density at radius 2 is 2.21 bits per heavy atom. The third-order valence-corrected chi connectivity index (χ3v) is 6.48. The first-order valence-electron chi connectivity index (χ1n) is 8.86. The van der Waals surface area contributed by atoms with Gasteiger partial charge < -0.3 is 19.5 Å². The van der Waals surface area contributed by atoms with E-state index < -0.39 is 29.5 Å². The van der Waals surface area contributed by atoms with Crippen molar-refractivity contribution in [2.24, 2.45) is 29.6 Å². The molecule has 7 atom stereocenters. The lowest BCUT2D eigenvalue weighted by atomic mass is 9.75. The summed E-state index contributed by atoms with van der Waals surface area (Å²) in [6.45, 7) is 7.74. The molecular weight excluding hydrogens is 306 g/mol. The summed E-state index contributed by atoms with van der Waals surface area (Å²) >= 11 is 0. The van der Waals surface area contributed by atoms with E-state index in [4.69, 9.17) is 4.74 Å². The minimum atomic E-state index is -1.18. The smallest absolute Gasteiger partial charge is 0.229 e. The number of allylic oxidation sites excluding steroid dienone is 2. The number of carbonyl (C=O) groups is 2. The molecule has 0 saturated carbocycles. The molecule has 1 aliphatic carbocycles. The van der Waals surface area contributed by atoms with Crippen LogP contribution in [0.1, 0.15) is 27.2 Å². The Morgan fingerprint density at radius 1 is 1.46 bits per heavy atom. The zero-order chi connectivity index (χ0) is 17.2. The number of hydrogen-bond acceptors (Lipinski definition) is 4. The number of likely N-dealkylation sites (tertiary alicyclic amines) is 1. The molecule has 0 N–H and O–H groups in total. The standard InChI is InChI=1S/C19H25NO4/c1-10-6-11(2)13(12(3)7-10)8-20-9-19-5-4-14(24-19)15(18(22)23)16(19)17(20)21/h4-6,11-16H,7-9H2,1-3H3,(H,22,23)/p-1/t11-,12-,13+,14+,15+,16-,19-/m1/s1. The monoisotopic (exact) mass is 330 g/mol. The van der Waals surface area contributed by atoms with Gasteiger partial charge in [-0.1, -0.05) is 37.6 Å². The van der Waals surface area contributed by atoms with Crippen LogP contribution < -0.4 is 5.11 Å². The van der Waals surface area contributed by atoms with Gasteiger partial charge in [0.25, 0.3) is 0 Å². The second-order valence-electron chi connectivity index (χ2n) is 8.16. The second kappa shape index (κ2) is 5.19. The predicted octanol–water partition coefficient (Wildman–Crippen LogP) is 0.757. The number of fused-ring (bicyclic) bond motifs is 1. The Bertz CT molecular complexity index is 654. The van der Waals surface area contributed by atoms with Crippen LogP contribution in [0.2, 0.25) is 0 Å². The Hall–Kier alpha value is -1.62. The van der Waals surface area contributed by atoms with Crippen molar-refractivity contribution in [1.29, 1.82) is 0 Å². The molecule has 0 aromatic carbocycles. The highest BCUT2D eigenvalue weighted by atomic mass is 16.5. The number of aliphatic carboxylic acids is 1. The maximum absolute atomic E-state index is 12.9. The van der Waals surface area contributed by atoms with E-state index in [9.17, 15) is 14.7 Å². The molecule has 2 saturated heterocycles. The molecule has 4 rings (SSSR count). The summed E-state index contributed by atoms with van der Waals surface area (Å²) in [6.07, 6.45) is 6.54. The Morgan fingerprint density at radius 3 is 2.88 bits per heavy atom. The van der Waals surface area contributed by atoms with Crippen molar-refractivity contribution in [3.63, 3.8) is 0 Å². The third-order valence-electron chi connectivity index (χ3n) is 6.48. The summed E-state index contributed by atoms with van der Waals surface area (Å²) in [5, 5.41) is 11.5. The minimum absolute atomic E-state index is 0.0817. The number of carboxylic acid groups (broad SMARTS) is 1. The molecule has 3 heterocycles. The maximum atomic E-state index is 12.9. The van der Waals surface area contributed by atoms with Gasteiger partial charge in [0, 0.05) is 18.4 Å². The van der Waals surface area contributed by atoms with E-state index in [1.165, 1.54) is 5.57 Å². The van der Waals surface area contributed by atoms with Crippen molar-refractivity contribution in [1.82, 2.24) is 4.90 Å². The van der Waals surface area contributed by atoms with Gasteiger partial charge in [-0.25, -0.2) is 0 Å². The number of nitrogens with zero attached hydrogens (tertiary/aromatic N) is 1. The van der Waals surface area contributed by atoms with Gasteiger partial charge in [0.2, 0.25) is 5.91 Å². The molecule has 5 heteroatoms. The summed E-state index contributed by atoms with van der Waals surface area (Å²) < 4.78 is 5.91. The van der Waals surface area contributed by atoms with Crippen molar-refractivity contribution in [2.75, 3.05) is 13.1 Å². The molecule has 130 valence electrons. The highest BCUT2D eigenvalue weighted by molar-refractivity contribution is 5.90. The van der Waals surface area contributed by atoms with Crippen LogP contribution in [0.3, 0.4) is 0 Å². The first-order chi connectivity index (χ1) is 11.3. The van der Waals surface area contributed by atoms with Gasteiger partial charge in [-0.15, -0.1) is 0 Å². The van der Waals surface area contributed by atoms with E-state index in [1.54, 1.807) is 6.08 Å². The molecule has 5 nitrogen and oxygen atoms in total. The van der Waals surface area contributed by atoms with E-state index in [0.717, 1.165) is 6.42 Å². The highest BCUT2D eigenvalue weighted by Crippen LogP contribution is 2.52. The first-order valence-corrected chi connectivity index (χ1v) is 8.86. The normalized spacial score (nSPS) is 46.4. The fourth-order valence-electron chi connectivity index (χ4n) is 5.42. The van der Waals surface area contributed by atoms with Gasteiger partial charge in [0.15, 0.2) is 0 Å². The third kappa shape index (κ3) is 2.10. The summed E-state index contributed by atoms with van der Waals surface area (Å²) in [5.41, 5.74) is 0.663. The Balaban J connectivity index is 1.56. The van der Waals surface area contributed by atoms with E-state index in [2.05, 4.69) is 26.8 Å². The van der Waals surface area contributed by atoms with Crippen molar-refractivity contribution in [2.45, 2.75) is 38.9 Å². The van der Waals surface area contributed by atoms with Crippen LogP contribution in [0, 0.1) is 29.6 Å². The molecule has 1 spiro atoms. The molecule has 0 aromatic heterocycles. The number of ether oxygens (including phenoxy) is 1. The summed E-state index contributed by atoms with van der Waals surface area (Å²) in [5.74, 6) is -1.40. The highest BCUT2D eigenvalue weighted by Gasteiger charge is 2.65. The summed E-state index contributed by atoms with van der Waals surface area (Å²) in [7, 11) is 0. The molecule has 0 aromatic rings. The maximum Gasteiger partial charge on any atom is 0.229 e. The molecule has 24 heavy (non-hydrogen) atoms. The van der Waals surface area contributed by atoms with Gasteiger partial charge in [0.1, 0.15) is 5.60 Å². The van der Waals surface area contributed by atoms with Crippen molar-refractivity contribution < 1.29 is 19.4 Å². The van der Waals surface area contributed by atoms with Crippen LogP contribution in [0.5, 0.6) is 0 Å². The fraction of sp³-hybridized carbons (Fsp3) is 0.684. The number of rotatable bonds is 3. The SMILES string of the molecule is CC1=C[C@@H](C)[C@H](CN2C[C@@]34C=C[C@H](O3)[C@H](C(=O)[O-])[C@@H]4C2=O)[C@H](C)C1. The lowest BCUT2D eigenvalue weighted by Gasteiger charge is -2.36. The van der Waals surface area contributed by atoms with Gasteiger partial charge in [-0.3, -0.25) is 4.79 Å². The zero-order valence-electron chi connectivity index (χ0n) is 14.4. The van der Waals surface area contributed by atoms with E-state index in [1.807, 2.05) is 11.0 Å². The Labute approximate surface area is 142 Å². The van der Waals surface area contributed by atoms with E-state index >= 15 is 0 Å². The summed E-state index contributed by atoms with van der Waals surface area (Å²) in [4.78, 5) is 26.3. The minimum Gasteiger partial charge on any atom is -0.550 e. The Kier molecular flexibility index (Phi) is 3.43. The molecule has 4 aliphatic rings. The van der Waals surface area contributed by atoms with Gasteiger partial charge in [0.05, 0.1) is 18.6 Å². The largest absolute Gasteiger partial charge is 0.550 e. The van der Waals surface area contributed by atoms with Crippen LogP contribution in [0.25, 0.3) is 0 Å². The van der Waals surface area contributed by atoms with Crippen molar-refractivity contribution >= 4 is 11.9 Å². The summed E-state index contributed by atoms with van der Waals surface area (Å²) in [6, 6.07) is 0. The number of carboxylic acids is 1.